The summed E-state index contributed by atoms with van der Waals surface area (Å²) in [7, 11) is 3.93. The second kappa shape index (κ2) is 18.4. The average Bonchev–Trinajstić information content (AvgIpc) is 4.15. The molecule has 15 nitrogen and oxygen atoms in total. The Hall–Kier alpha value is -1.67. The molecule has 10 unspecified atom stereocenters. The average molecular weight is 857 g/mol. The second-order valence-electron chi connectivity index (χ2n) is 17.0. The van der Waals surface area contributed by atoms with Gasteiger partial charge in [-0.3, -0.25) is 4.79 Å². The fraction of sp³-hybridized carbons (Fsp3) is 0.878. The predicted molar refractivity (Wildman–Crippen MR) is 209 cm³/mol. The molecule has 10 atom stereocenters. The lowest BCUT2D eigenvalue weighted by molar-refractivity contribution is -0.145. The first-order valence-corrected chi connectivity index (χ1v) is 23.7. The van der Waals surface area contributed by atoms with Crippen molar-refractivity contribution in [2.24, 2.45) is 17.3 Å². The van der Waals surface area contributed by atoms with Crippen LogP contribution in [-0.2, 0) is 66.4 Å². The number of unbranched alkanes of at least 4 members (excludes halogenated alkanes) is 1. The Kier molecular flexibility index (Phi) is 13.6. The first-order chi connectivity index (χ1) is 28.2. The summed E-state index contributed by atoms with van der Waals surface area (Å²) in [6.07, 6.45) is 4.99. The molecule has 0 amide bonds. The van der Waals surface area contributed by atoms with Crippen LogP contribution in [0.2, 0.25) is 0 Å². The fourth-order valence-corrected chi connectivity index (χ4v) is 13.7. The molecule has 17 heteroatoms. The zero-order valence-corrected chi connectivity index (χ0v) is 35.7. The van der Waals surface area contributed by atoms with Crippen LogP contribution in [0.15, 0.2) is 11.1 Å². The number of carbonyl (C=O) groups is 3. The highest BCUT2D eigenvalue weighted by Crippen LogP contribution is 2.83. The summed E-state index contributed by atoms with van der Waals surface area (Å²) in [6, 6.07) is 0. The van der Waals surface area contributed by atoms with Crippen LogP contribution < -0.4 is 0 Å². The van der Waals surface area contributed by atoms with E-state index in [0.29, 0.717) is 85.3 Å². The standard InChI is InChI=1S/C41H60O15S2/c1-26(2)39-33(55-39)34-41(56-34)38(3)10-8-28-29(25-52-35(28)43)30(38)24-31-40(41,54-31)36(39)53-37(44)51-22-20-49-18-16-47-14-12-45-11-13-46-15-17-48-19-21-50-32(42)7-5-4-6-27-9-23-57-58-27/h26-27,30-31,33-34,36H,4-25H2,1-3H3. The predicted octanol–water partition coefficient (Wildman–Crippen LogP) is 4.60. The van der Waals surface area contributed by atoms with Crippen LogP contribution in [0.1, 0.15) is 72.1 Å². The molecular formula is C41H60O15S2. The van der Waals surface area contributed by atoms with E-state index in [-0.39, 0.29) is 67.3 Å². The Morgan fingerprint density at radius 2 is 1.48 bits per heavy atom. The molecule has 0 bridgehead atoms. The second-order valence-corrected chi connectivity index (χ2v) is 19.7. The number of esters is 2. The summed E-state index contributed by atoms with van der Waals surface area (Å²) in [4.78, 5) is 37.5. The van der Waals surface area contributed by atoms with Crippen molar-refractivity contribution in [3.63, 3.8) is 0 Å². The Morgan fingerprint density at radius 1 is 0.828 bits per heavy atom. The molecule has 6 fully saturated rings. The Balaban J connectivity index is 0.638. The van der Waals surface area contributed by atoms with E-state index in [1.165, 1.54) is 18.6 Å². The van der Waals surface area contributed by atoms with Crippen molar-refractivity contribution in [3.05, 3.63) is 11.1 Å². The molecule has 0 aromatic carbocycles. The van der Waals surface area contributed by atoms with Crippen molar-refractivity contribution in [1.82, 2.24) is 0 Å². The van der Waals surface area contributed by atoms with Crippen LogP contribution in [-0.4, -0.2) is 156 Å². The number of cyclic esters (lactones) is 1. The van der Waals surface area contributed by atoms with Crippen molar-refractivity contribution in [1.29, 1.82) is 0 Å². The van der Waals surface area contributed by atoms with Crippen LogP contribution in [0.5, 0.6) is 0 Å². The van der Waals surface area contributed by atoms with Crippen molar-refractivity contribution >= 4 is 39.7 Å². The number of ether oxygens (including phenoxy) is 12. The third kappa shape index (κ3) is 8.08. The van der Waals surface area contributed by atoms with Crippen LogP contribution in [0.3, 0.4) is 0 Å². The van der Waals surface area contributed by atoms with E-state index in [4.69, 9.17) is 56.8 Å². The highest BCUT2D eigenvalue weighted by molar-refractivity contribution is 8.77. The maximum absolute atomic E-state index is 13.2. The molecule has 0 aromatic heterocycles. The van der Waals surface area contributed by atoms with Crippen LogP contribution in [0, 0.1) is 17.3 Å². The highest BCUT2D eigenvalue weighted by atomic mass is 33.1. The Bertz CT molecular complexity index is 1520. The molecule has 0 N–H and O–H groups in total. The number of hydrogen-bond acceptors (Lipinski definition) is 17. The van der Waals surface area contributed by atoms with Gasteiger partial charge in [0.2, 0.25) is 0 Å². The van der Waals surface area contributed by atoms with Gasteiger partial charge in [-0.05, 0) is 55.9 Å². The topological polar surface area (TPSA) is 172 Å². The Labute approximate surface area is 348 Å². The van der Waals surface area contributed by atoms with Gasteiger partial charge in [-0.25, -0.2) is 9.59 Å². The quantitative estimate of drug-likeness (QED) is 0.0410. The Morgan fingerprint density at radius 3 is 2.12 bits per heavy atom. The van der Waals surface area contributed by atoms with Gasteiger partial charge in [-0.2, -0.15) is 0 Å². The molecule has 0 radical (unpaired) electrons. The summed E-state index contributed by atoms with van der Waals surface area (Å²) >= 11 is 0. The number of hydrogen-bond donors (Lipinski definition) is 0. The first-order valence-electron chi connectivity index (χ1n) is 21.3. The van der Waals surface area contributed by atoms with Gasteiger partial charge in [0, 0.05) is 28.4 Å². The maximum atomic E-state index is 13.2. The van der Waals surface area contributed by atoms with Gasteiger partial charge < -0.3 is 56.8 Å². The minimum Gasteiger partial charge on any atom is -0.463 e. The molecule has 2 spiro atoms. The third-order valence-corrected chi connectivity index (χ3v) is 16.6. The maximum Gasteiger partial charge on any atom is 0.508 e. The normalized spacial score (nSPS) is 37.2. The van der Waals surface area contributed by atoms with E-state index < -0.39 is 29.1 Å². The van der Waals surface area contributed by atoms with E-state index in [0.717, 1.165) is 35.7 Å². The van der Waals surface area contributed by atoms with Gasteiger partial charge in [0.15, 0.2) is 11.7 Å². The molecular weight excluding hydrogens is 797 g/mol. The zero-order chi connectivity index (χ0) is 40.4. The van der Waals surface area contributed by atoms with Gasteiger partial charge in [0.05, 0.1) is 72.2 Å². The van der Waals surface area contributed by atoms with E-state index in [1.54, 1.807) is 0 Å². The monoisotopic (exact) mass is 856 g/mol. The van der Waals surface area contributed by atoms with E-state index in [1.807, 2.05) is 21.6 Å². The van der Waals surface area contributed by atoms with Crippen molar-refractivity contribution in [3.8, 4) is 0 Å². The molecule has 4 saturated heterocycles. The minimum atomic E-state index is -0.827. The van der Waals surface area contributed by atoms with E-state index in [2.05, 4.69) is 20.8 Å². The van der Waals surface area contributed by atoms with Crippen molar-refractivity contribution in [2.75, 3.05) is 91.6 Å². The van der Waals surface area contributed by atoms with Gasteiger partial charge in [0.25, 0.3) is 0 Å². The molecule has 8 aliphatic rings. The largest absolute Gasteiger partial charge is 0.508 e. The van der Waals surface area contributed by atoms with Crippen LogP contribution in [0.25, 0.3) is 0 Å². The van der Waals surface area contributed by atoms with E-state index in [9.17, 15) is 14.4 Å². The molecule has 326 valence electrons. The van der Waals surface area contributed by atoms with Crippen molar-refractivity contribution in [2.45, 2.75) is 119 Å². The number of carbonyl (C=O) groups excluding carboxylic acids is 3. The lowest BCUT2D eigenvalue weighted by Gasteiger charge is -2.53. The van der Waals surface area contributed by atoms with Gasteiger partial charge in [0.1, 0.15) is 43.2 Å². The van der Waals surface area contributed by atoms with Gasteiger partial charge in [-0.15, -0.1) is 0 Å². The summed E-state index contributed by atoms with van der Waals surface area (Å²) < 4.78 is 69.9. The van der Waals surface area contributed by atoms with Crippen LogP contribution in [0.4, 0.5) is 4.79 Å². The van der Waals surface area contributed by atoms with Gasteiger partial charge in [-0.1, -0.05) is 48.8 Å². The molecule has 8 rings (SSSR count). The lowest BCUT2D eigenvalue weighted by atomic mass is 9.46. The SMILES string of the molecule is CC(C)C12OC1C1OC13C1(C)CCC4=C(COC4=O)C1CC1OC13C2OC(=O)OCCOCCOCCOCCOCCOCCOC(=O)CCCCC1CCSS1. The van der Waals surface area contributed by atoms with E-state index >= 15 is 0 Å². The minimum absolute atomic E-state index is 0.0255. The molecule has 58 heavy (non-hydrogen) atoms. The summed E-state index contributed by atoms with van der Waals surface area (Å²) in [6.45, 7) is 10.9. The number of fused-ring (bicyclic) bond motifs is 4. The molecule has 2 saturated carbocycles. The number of epoxide rings is 3. The third-order valence-electron chi connectivity index (χ3n) is 13.6. The van der Waals surface area contributed by atoms with Gasteiger partial charge >= 0.3 is 18.1 Å². The van der Waals surface area contributed by atoms with Crippen molar-refractivity contribution < 1.29 is 71.2 Å². The fourth-order valence-electron chi connectivity index (χ4n) is 10.6. The summed E-state index contributed by atoms with van der Waals surface area (Å²) in [5.41, 5.74) is -0.630. The molecule has 5 heterocycles. The molecule has 0 aromatic rings. The molecule has 3 aliphatic carbocycles. The van der Waals surface area contributed by atoms with Crippen LogP contribution >= 0.6 is 21.6 Å². The summed E-state index contributed by atoms with van der Waals surface area (Å²) in [5.74, 6) is 1.03. The number of rotatable bonds is 25. The highest BCUT2D eigenvalue weighted by Gasteiger charge is 3.01. The smallest absolute Gasteiger partial charge is 0.463 e. The zero-order valence-electron chi connectivity index (χ0n) is 34.0. The lowest BCUT2D eigenvalue weighted by Crippen LogP contribution is -2.70. The molecule has 5 aliphatic heterocycles. The first kappa shape index (κ1) is 43.0. The summed E-state index contributed by atoms with van der Waals surface area (Å²) in [5, 5.41) is 0.750.